The average Bonchev–Trinajstić information content (AvgIpc) is 2.31. The predicted octanol–water partition coefficient (Wildman–Crippen LogP) is 3.31. The Hall–Kier alpha value is -1.47. The number of para-hydroxylation sites is 1. The Morgan fingerprint density at radius 3 is 2.83 bits per heavy atom. The maximum Gasteiger partial charge on any atom is 0.234 e. The molecule has 96 valence electrons. The molecule has 0 radical (unpaired) electrons. The normalized spacial score (nSPS) is 10.2. The van der Waals surface area contributed by atoms with Gasteiger partial charge in [-0.2, -0.15) is 5.26 Å². The van der Waals surface area contributed by atoms with E-state index in [1.165, 1.54) is 11.8 Å². The van der Waals surface area contributed by atoms with Crippen molar-refractivity contribution in [2.75, 3.05) is 16.8 Å². The molecule has 1 aromatic rings. The van der Waals surface area contributed by atoms with Gasteiger partial charge in [0.1, 0.15) is 0 Å². The van der Waals surface area contributed by atoms with Gasteiger partial charge < -0.3 is 5.32 Å². The molecule has 0 aliphatic carbocycles. The zero-order valence-corrected chi connectivity index (χ0v) is 11.8. The smallest absolute Gasteiger partial charge is 0.234 e. The highest BCUT2D eigenvalue weighted by atomic mass is 32.2. The van der Waals surface area contributed by atoms with Crippen LogP contribution in [0.1, 0.15) is 30.9 Å². The summed E-state index contributed by atoms with van der Waals surface area (Å²) in [5.74, 6) is 0.982. The Balaban J connectivity index is 2.77. The summed E-state index contributed by atoms with van der Waals surface area (Å²) in [5, 5.41) is 11.4. The largest absolute Gasteiger partial charge is 0.325 e. The third kappa shape index (κ3) is 4.08. The number of thioether (sulfide) groups is 1. The molecule has 0 bridgehead atoms. The van der Waals surface area contributed by atoms with E-state index in [-0.39, 0.29) is 5.91 Å². The molecule has 0 aromatic heterocycles. The second-order valence-electron chi connectivity index (χ2n) is 4.39. The summed E-state index contributed by atoms with van der Waals surface area (Å²) >= 11 is 1.33. The molecular weight excluding hydrogens is 244 g/mol. The molecule has 0 fully saturated rings. The van der Waals surface area contributed by atoms with Gasteiger partial charge in [0.2, 0.25) is 5.91 Å². The second-order valence-corrected chi connectivity index (χ2v) is 5.38. The van der Waals surface area contributed by atoms with Crippen molar-refractivity contribution in [3.63, 3.8) is 0 Å². The van der Waals surface area contributed by atoms with Crippen LogP contribution in [0.15, 0.2) is 18.2 Å². The summed E-state index contributed by atoms with van der Waals surface area (Å²) in [6.45, 7) is 6.20. The van der Waals surface area contributed by atoms with Crippen molar-refractivity contribution in [1.29, 1.82) is 5.26 Å². The first-order valence-electron chi connectivity index (χ1n) is 5.90. The van der Waals surface area contributed by atoms with Crippen LogP contribution in [-0.2, 0) is 4.79 Å². The van der Waals surface area contributed by atoms with Gasteiger partial charge in [0.05, 0.1) is 17.6 Å². The molecule has 0 saturated carbocycles. The minimum Gasteiger partial charge on any atom is -0.325 e. The number of hydrogen-bond donors (Lipinski definition) is 1. The molecule has 1 amide bonds. The molecule has 3 nitrogen and oxygen atoms in total. The molecular formula is C14H18N2OS. The van der Waals surface area contributed by atoms with Crippen LogP contribution in [0.25, 0.3) is 0 Å². The van der Waals surface area contributed by atoms with Crippen molar-refractivity contribution in [2.24, 2.45) is 0 Å². The number of anilines is 1. The van der Waals surface area contributed by atoms with Gasteiger partial charge in [-0.15, -0.1) is 11.8 Å². The number of hydrogen-bond acceptors (Lipinski definition) is 3. The molecule has 1 rings (SSSR count). The number of carbonyl (C=O) groups is 1. The van der Waals surface area contributed by atoms with E-state index >= 15 is 0 Å². The Morgan fingerprint density at radius 2 is 2.22 bits per heavy atom. The highest BCUT2D eigenvalue weighted by Gasteiger charge is 2.11. The van der Waals surface area contributed by atoms with E-state index in [4.69, 9.17) is 5.26 Å². The Kier molecular flexibility index (Phi) is 5.73. The molecule has 4 heteroatoms. The van der Waals surface area contributed by atoms with E-state index in [1.807, 2.05) is 31.2 Å². The van der Waals surface area contributed by atoms with E-state index in [1.54, 1.807) is 0 Å². The fourth-order valence-corrected chi connectivity index (χ4v) is 2.16. The zero-order valence-electron chi connectivity index (χ0n) is 11.0. The number of benzene rings is 1. The van der Waals surface area contributed by atoms with Gasteiger partial charge in [-0.05, 0) is 24.0 Å². The maximum atomic E-state index is 11.8. The van der Waals surface area contributed by atoms with Gasteiger partial charge in [0, 0.05) is 5.69 Å². The quantitative estimate of drug-likeness (QED) is 0.828. The van der Waals surface area contributed by atoms with Crippen LogP contribution in [0.4, 0.5) is 5.69 Å². The summed E-state index contributed by atoms with van der Waals surface area (Å²) in [6.07, 6.45) is 0. The maximum absolute atomic E-state index is 11.8. The standard InChI is InChI=1S/C14H18N2OS/c1-10(2)12-6-4-5-11(3)14(12)16-13(17)9-18-8-7-15/h4-6,10H,8-9H2,1-3H3,(H,16,17). The molecule has 0 spiro atoms. The lowest BCUT2D eigenvalue weighted by molar-refractivity contribution is -0.113. The highest BCUT2D eigenvalue weighted by Crippen LogP contribution is 2.27. The molecule has 0 aliphatic rings. The van der Waals surface area contributed by atoms with Crippen molar-refractivity contribution in [3.05, 3.63) is 29.3 Å². The minimum atomic E-state index is -0.0496. The first-order valence-corrected chi connectivity index (χ1v) is 7.05. The summed E-state index contributed by atoms with van der Waals surface area (Å²) in [6, 6.07) is 8.04. The molecule has 0 atom stereocenters. The summed E-state index contributed by atoms with van der Waals surface area (Å²) in [5.41, 5.74) is 3.13. The number of aryl methyl sites for hydroxylation is 1. The lowest BCUT2D eigenvalue weighted by atomic mass is 9.98. The number of carbonyl (C=O) groups excluding carboxylic acids is 1. The van der Waals surface area contributed by atoms with E-state index in [0.29, 0.717) is 17.4 Å². The van der Waals surface area contributed by atoms with Gasteiger partial charge >= 0.3 is 0 Å². The van der Waals surface area contributed by atoms with Crippen molar-refractivity contribution < 1.29 is 4.79 Å². The van der Waals surface area contributed by atoms with Crippen LogP contribution in [0.2, 0.25) is 0 Å². The summed E-state index contributed by atoms with van der Waals surface area (Å²) in [7, 11) is 0. The third-order valence-corrected chi connectivity index (χ3v) is 3.39. The van der Waals surface area contributed by atoms with Crippen molar-refractivity contribution in [3.8, 4) is 6.07 Å². The predicted molar refractivity (Wildman–Crippen MR) is 76.8 cm³/mol. The van der Waals surface area contributed by atoms with Crippen LogP contribution < -0.4 is 5.32 Å². The fourth-order valence-electron chi connectivity index (χ4n) is 1.71. The molecule has 1 N–H and O–H groups in total. The van der Waals surface area contributed by atoms with Crippen LogP contribution in [0.3, 0.4) is 0 Å². The number of nitrogens with one attached hydrogen (secondary N) is 1. The van der Waals surface area contributed by atoms with Crippen molar-refractivity contribution >= 4 is 23.4 Å². The van der Waals surface area contributed by atoms with Crippen molar-refractivity contribution in [2.45, 2.75) is 26.7 Å². The number of nitriles is 1. The molecule has 0 unspecified atom stereocenters. The van der Waals surface area contributed by atoms with Crippen molar-refractivity contribution in [1.82, 2.24) is 0 Å². The fraction of sp³-hybridized carbons (Fsp3) is 0.429. The van der Waals surface area contributed by atoms with Crippen LogP contribution in [0.5, 0.6) is 0 Å². The lowest BCUT2D eigenvalue weighted by Crippen LogP contribution is -2.16. The second kappa shape index (κ2) is 7.07. The monoisotopic (exact) mass is 262 g/mol. The average molecular weight is 262 g/mol. The third-order valence-electron chi connectivity index (χ3n) is 2.59. The first-order chi connectivity index (χ1) is 8.56. The van der Waals surface area contributed by atoms with E-state index < -0.39 is 0 Å². The van der Waals surface area contributed by atoms with Gasteiger partial charge in [-0.3, -0.25) is 4.79 Å². The van der Waals surface area contributed by atoms with Crippen LogP contribution in [0, 0.1) is 18.3 Å². The lowest BCUT2D eigenvalue weighted by Gasteiger charge is -2.16. The highest BCUT2D eigenvalue weighted by molar-refractivity contribution is 8.00. The Bertz CT molecular complexity index is 463. The topological polar surface area (TPSA) is 52.9 Å². The Morgan fingerprint density at radius 1 is 1.50 bits per heavy atom. The van der Waals surface area contributed by atoms with E-state index in [0.717, 1.165) is 16.8 Å². The van der Waals surface area contributed by atoms with E-state index in [2.05, 4.69) is 19.2 Å². The molecule has 1 aromatic carbocycles. The molecule has 18 heavy (non-hydrogen) atoms. The minimum absolute atomic E-state index is 0.0496. The molecule has 0 aliphatic heterocycles. The van der Waals surface area contributed by atoms with Crippen LogP contribution in [-0.4, -0.2) is 17.4 Å². The summed E-state index contributed by atoms with van der Waals surface area (Å²) < 4.78 is 0. The SMILES string of the molecule is Cc1cccc(C(C)C)c1NC(=O)CSCC#N. The summed E-state index contributed by atoms with van der Waals surface area (Å²) in [4.78, 5) is 11.8. The van der Waals surface area contributed by atoms with Gasteiger partial charge in [-0.25, -0.2) is 0 Å². The van der Waals surface area contributed by atoms with Crippen LogP contribution >= 0.6 is 11.8 Å². The Labute approximate surface area is 113 Å². The first kappa shape index (κ1) is 14.6. The van der Waals surface area contributed by atoms with E-state index in [9.17, 15) is 4.79 Å². The van der Waals surface area contributed by atoms with Gasteiger partial charge in [0.15, 0.2) is 0 Å². The number of nitrogens with zero attached hydrogens (tertiary/aromatic N) is 1. The number of amides is 1. The molecule has 0 heterocycles. The van der Waals surface area contributed by atoms with Gasteiger partial charge in [-0.1, -0.05) is 32.0 Å². The zero-order chi connectivity index (χ0) is 13.5. The number of rotatable bonds is 5. The van der Waals surface area contributed by atoms with Gasteiger partial charge in [0.25, 0.3) is 0 Å². The molecule has 0 saturated heterocycles.